The fraction of sp³-hybridized carbons (Fsp3) is 0.667. The Balaban J connectivity index is 3.97. The highest BCUT2D eigenvalue weighted by Crippen LogP contribution is 1.99. The number of esters is 4. The average molecular weight is 306 g/mol. The fourth-order valence-electron chi connectivity index (χ4n) is 1.07. The zero-order valence-corrected chi connectivity index (χ0v) is 11.8. The van der Waals surface area contributed by atoms with E-state index in [0.717, 1.165) is 0 Å². The SMILES string of the molecule is CCOC(=O)COC(=O)CC(O)C(=O)OCC(=O)OCC. The molecule has 0 aliphatic rings. The van der Waals surface area contributed by atoms with Crippen molar-refractivity contribution in [1.29, 1.82) is 0 Å². The summed E-state index contributed by atoms with van der Waals surface area (Å²) in [5.74, 6) is -3.67. The van der Waals surface area contributed by atoms with Crippen LogP contribution in [0.25, 0.3) is 0 Å². The van der Waals surface area contributed by atoms with Gasteiger partial charge in [-0.1, -0.05) is 0 Å². The third-order valence-electron chi connectivity index (χ3n) is 1.93. The summed E-state index contributed by atoms with van der Waals surface area (Å²) in [4.78, 5) is 44.3. The van der Waals surface area contributed by atoms with E-state index in [4.69, 9.17) is 0 Å². The summed E-state index contributed by atoms with van der Waals surface area (Å²) in [5.41, 5.74) is 0. The molecular weight excluding hydrogens is 288 g/mol. The molecule has 1 N–H and O–H groups in total. The van der Waals surface area contributed by atoms with Crippen molar-refractivity contribution in [3.05, 3.63) is 0 Å². The van der Waals surface area contributed by atoms with Gasteiger partial charge < -0.3 is 24.1 Å². The first kappa shape index (κ1) is 18.8. The summed E-state index contributed by atoms with van der Waals surface area (Å²) >= 11 is 0. The zero-order chi connectivity index (χ0) is 16.3. The molecule has 0 saturated carbocycles. The average Bonchev–Trinajstić information content (AvgIpc) is 2.43. The van der Waals surface area contributed by atoms with Crippen LogP contribution in [0.3, 0.4) is 0 Å². The molecule has 21 heavy (non-hydrogen) atoms. The number of aliphatic hydroxyl groups excluding tert-OH is 1. The van der Waals surface area contributed by atoms with E-state index in [-0.39, 0.29) is 13.2 Å². The third kappa shape index (κ3) is 9.38. The quantitative estimate of drug-likeness (QED) is 0.419. The van der Waals surface area contributed by atoms with Crippen molar-refractivity contribution in [2.75, 3.05) is 26.4 Å². The van der Waals surface area contributed by atoms with Gasteiger partial charge in [-0.2, -0.15) is 0 Å². The molecule has 0 heterocycles. The number of carbonyl (C=O) groups is 4. The van der Waals surface area contributed by atoms with Crippen LogP contribution in [0.5, 0.6) is 0 Å². The molecule has 0 aliphatic heterocycles. The van der Waals surface area contributed by atoms with Crippen LogP contribution in [0, 0.1) is 0 Å². The maximum Gasteiger partial charge on any atom is 0.344 e. The van der Waals surface area contributed by atoms with E-state index in [1.54, 1.807) is 13.8 Å². The minimum absolute atomic E-state index is 0.124. The van der Waals surface area contributed by atoms with E-state index >= 15 is 0 Å². The van der Waals surface area contributed by atoms with Crippen LogP contribution in [0.4, 0.5) is 0 Å². The first-order valence-electron chi connectivity index (χ1n) is 6.22. The fourth-order valence-corrected chi connectivity index (χ4v) is 1.07. The molecule has 9 nitrogen and oxygen atoms in total. The highest BCUT2D eigenvalue weighted by atomic mass is 16.6. The summed E-state index contributed by atoms with van der Waals surface area (Å²) < 4.78 is 17.9. The molecule has 0 aromatic heterocycles. The van der Waals surface area contributed by atoms with Crippen molar-refractivity contribution < 1.29 is 43.2 Å². The van der Waals surface area contributed by atoms with Gasteiger partial charge in [0.25, 0.3) is 0 Å². The van der Waals surface area contributed by atoms with E-state index in [1.807, 2.05) is 0 Å². The Hall–Kier alpha value is -2.16. The second-order valence-corrected chi connectivity index (χ2v) is 3.60. The van der Waals surface area contributed by atoms with E-state index < -0.39 is 49.6 Å². The molecule has 0 bridgehead atoms. The molecule has 0 fully saturated rings. The highest BCUT2D eigenvalue weighted by molar-refractivity contribution is 5.84. The smallest absolute Gasteiger partial charge is 0.344 e. The number of hydrogen-bond acceptors (Lipinski definition) is 9. The minimum atomic E-state index is -1.80. The molecule has 0 aromatic carbocycles. The van der Waals surface area contributed by atoms with E-state index in [9.17, 15) is 24.3 Å². The van der Waals surface area contributed by atoms with Gasteiger partial charge in [-0.15, -0.1) is 0 Å². The van der Waals surface area contributed by atoms with Crippen LogP contribution in [0.15, 0.2) is 0 Å². The zero-order valence-electron chi connectivity index (χ0n) is 11.8. The Morgan fingerprint density at radius 2 is 1.29 bits per heavy atom. The number of hydrogen-bond donors (Lipinski definition) is 1. The topological polar surface area (TPSA) is 125 Å². The molecule has 0 saturated heterocycles. The molecule has 0 rings (SSSR count). The summed E-state index contributed by atoms with van der Waals surface area (Å²) in [5, 5.41) is 9.36. The van der Waals surface area contributed by atoms with E-state index in [0.29, 0.717) is 0 Å². The van der Waals surface area contributed by atoms with Crippen molar-refractivity contribution >= 4 is 23.9 Å². The normalized spacial score (nSPS) is 11.2. The summed E-state index contributed by atoms with van der Waals surface area (Å²) in [6, 6.07) is 0. The maximum absolute atomic E-state index is 11.2. The molecule has 0 spiro atoms. The highest BCUT2D eigenvalue weighted by Gasteiger charge is 2.23. The Bertz CT molecular complexity index is 377. The predicted octanol–water partition coefficient (Wildman–Crippen LogP) is -1.05. The molecule has 0 aliphatic carbocycles. The number of carbonyl (C=O) groups excluding carboxylic acids is 4. The molecule has 0 aromatic rings. The Kier molecular flexibility index (Phi) is 9.52. The van der Waals surface area contributed by atoms with Crippen molar-refractivity contribution in [3.63, 3.8) is 0 Å². The van der Waals surface area contributed by atoms with Gasteiger partial charge in [0.15, 0.2) is 19.3 Å². The van der Waals surface area contributed by atoms with Crippen LogP contribution < -0.4 is 0 Å². The second kappa shape index (κ2) is 10.6. The van der Waals surface area contributed by atoms with Crippen molar-refractivity contribution in [1.82, 2.24) is 0 Å². The largest absolute Gasteiger partial charge is 0.463 e. The molecule has 120 valence electrons. The first-order chi connectivity index (χ1) is 9.90. The van der Waals surface area contributed by atoms with E-state index in [1.165, 1.54) is 0 Å². The molecular formula is C12H18O9. The van der Waals surface area contributed by atoms with Crippen LogP contribution in [-0.4, -0.2) is 61.5 Å². The summed E-state index contributed by atoms with van der Waals surface area (Å²) in [7, 11) is 0. The lowest BCUT2D eigenvalue weighted by atomic mass is 10.2. The Labute approximate surface area is 121 Å². The van der Waals surface area contributed by atoms with Crippen LogP contribution in [0.1, 0.15) is 20.3 Å². The van der Waals surface area contributed by atoms with Gasteiger partial charge in [0, 0.05) is 0 Å². The van der Waals surface area contributed by atoms with E-state index in [2.05, 4.69) is 18.9 Å². The predicted molar refractivity (Wildman–Crippen MR) is 65.8 cm³/mol. The standard InChI is InChI=1S/C12H18O9/c1-3-18-10(15)6-20-9(14)5-8(13)12(17)21-7-11(16)19-4-2/h8,13H,3-7H2,1-2H3. The van der Waals surface area contributed by atoms with Crippen LogP contribution >= 0.6 is 0 Å². The van der Waals surface area contributed by atoms with Gasteiger partial charge in [0.05, 0.1) is 19.6 Å². The number of rotatable bonds is 9. The Morgan fingerprint density at radius 1 is 0.810 bits per heavy atom. The lowest BCUT2D eigenvalue weighted by Crippen LogP contribution is -2.29. The van der Waals surface area contributed by atoms with Gasteiger partial charge in [-0.25, -0.2) is 14.4 Å². The van der Waals surface area contributed by atoms with Crippen molar-refractivity contribution in [3.8, 4) is 0 Å². The van der Waals surface area contributed by atoms with Gasteiger partial charge >= 0.3 is 23.9 Å². The number of ether oxygens (including phenoxy) is 4. The first-order valence-corrected chi connectivity index (χ1v) is 6.22. The third-order valence-corrected chi connectivity index (χ3v) is 1.93. The van der Waals surface area contributed by atoms with Crippen molar-refractivity contribution in [2.45, 2.75) is 26.4 Å². The minimum Gasteiger partial charge on any atom is -0.463 e. The van der Waals surface area contributed by atoms with Crippen LogP contribution in [-0.2, 0) is 38.1 Å². The monoisotopic (exact) mass is 306 g/mol. The van der Waals surface area contributed by atoms with Gasteiger partial charge in [0.1, 0.15) is 0 Å². The van der Waals surface area contributed by atoms with Crippen molar-refractivity contribution in [2.24, 2.45) is 0 Å². The lowest BCUT2D eigenvalue weighted by molar-refractivity contribution is -0.168. The molecule has 0 amide bonds. The molecule has 0 radical (unpaired) electrons. The van der Waals surface area contributed by atoms with Gasteiger partial charge in [-0.05, 0) is 13.8 Å². The Morgan fingerprint density at radius 3 is 1.76 bits per heavy atom. The summed E-state index contributed by atoms with van der Waals surface area (Å²) in [6.07, 6.45) is -2.50. The lowest BCUT2D eigenvalue weighted by Gasteiger charge is -2.10. The molecule has 1 unspecified atom stereocenters. The van der Waals surface area contributed by atoms with Gasteiger partial charge in [-0.3, -0.25) is 4.79 Å². The molecule has 1 atom stereocenters. The summed E-state index contributed by atoms with van der Waals surface area (Å²) in [6.45, 7) is 2.15. The van der Waals surface area contributed by atoms with Crippen LogP contribution in [0.2, 0.25) is 0 Å². The number of aliphatic hydroxyl groups is 1. The molecule has 9 heteroatoms. The second-order valence-electron chi connectivity index (χ2n) is 3.60. The maximum atomic E-state index is 11.2. The van der Waals surface area contributed by atoms with Gasteiger partial charge in [0.2, 0.25) is 0 Å².